The van der Waals surface area contributed by atoms with Gasteiger partial charge in [0.2, 0.25) is 0 Å². The summed E-state index contributed by atoms with van der Waals surface area (Å²) in [6.45, 7) is 4.53. The van der Waals surface area contributed by atoms with E-state index in [-0.39, 0.29) is 6.10 Å². The van der Waals surface area contributed by atoms with Gasteiger partial charge in [-0.2, -0.15) is 0 Å². The summed E-state index contributed by atoms with van der Waals surface area (Å²) >= 11 is 0. The zero-order valence-corrected chi connectivity index (χ0v) is 11.4. The van der Waals surface area contributed by atoms with Crippen molar-refractivity contribution in [2.24, 2.45) is 5.41 Å². The van der Waals surface area contributed by atoms with E-state index in [1.807, 2.05) is 12.2 Å². The Hall–Kier alpha value is -1.09. The molecule has 0 heterocycles. The third-order valence-corrected chi connectivity index (χ3v) is 3.44. The maximum absolute atomic E-state index is 11.3. The summed E-state index contributed by atoms with van der Waals surface area (Å²) in [6.07, 6.45) is 12.7. The third kappa shape index (κ3) is 3.98. The number of hydrogen-bond donors (Lipinski definition) is 1. The number of carboxylic acids is 1. The number of unbranched alkanes of at least 4 members (excludes halogenated alkanes) is 4. The average molecular weight is 252 g/mol. The molecule has 1 aliphatic rings. The number of hydrogen-bond acceptors (Lipinski definition) is 2. The molecule has 0 aliphatic heterocycles. The maximum Gasteiger partial charge on any atom is 0.316 e. The highest BCUT2D eigenvalue weighted by Gasteiger charge is 2.39. The van der Waals surface area contributed by atoms with Gasteiger partial charge in [-0.25, -0.2) is 0 Å². The molecule has 0 aromatic rings. The number of carbonyl (C=O) groups is 1. The van der Waals surface area contributed by atoms with Crippen molar-refractivity contribution >= 4 is 5.97 Å². The first-order chi connectivity index (χ1) is 8.61. The number of rotatable bonds is 8. The standard InChI is InChI=1S/C15H24O3/c1-3-4-5-6-9-12-18-13-10-7-8-11-15(13,2)14(16)17/h7-8,10-11,13H,3-6,9,12H2,1-2H3,(H,16,17). The van der Waals surface area contributed by atoms with Gasteiger partial charge in [-0.1, -0.05) is 56.9 Å². The normalized spacial score (nSPS) is 26.4. The summed E-state index contributed by atoms with van der Waals surface area (Å²) in [7, 11) is 0. The Morgan fingerprint density at radius 3 is 2.67 bits per heavy atom. The van der Waals surface area contributed by atoms with Crippen LogP contribution in [0.5, 0.6) is 0 Å². The second kappa shape index (κ2) is 7.37. The van der Waals surface area contributed by atoms with Crippen LogP contribution >= 0.6 is 0 Å². The molecule has 102 valence electrons. The van der Waals surface area contributed by atoms with Crippen molar-refractivity contribution in [3.63, 3.8) is 0 Å². The molecule has 3 nitrogen and oxygen atoms in total. The van der Waals surface area contributed by atoms with Crippen molar-refractivity contribution in [2.75, 3.05) is 6.61 Å². The zero-order valence-electron chi connectivity index (χ0n) is 11.4. The Balaban J connectivity index is 2.34. The Morgan fingerprint density at radius 2 is 2.00 bits per heavy atom. The van der Waals surface area contributed by atoms with Gasteiger partial charge < -0.3 is 9.84 Å². The van der Waals surface area contributed by atoms with Gasteiger partial charge in [0.25, 0.3) is 0 Å². The smallest absolute Gasteiger partial charge is 0.316 e. The van der Waals surface area contributed by atoms with E-state index in [4.69, 9.17) is 4.74 Å². The van der Waals surface area contributed by atoms with Crippen molar-refractivity contribution in [2.45, 2.75) is 52.1 Å². The Bertz CT molecular complexity index is 320. The van der Waals surface area contributed by atoms with Crippen molar-refractivity contribution < 1.29 is 14.6 Å². The molecule has 0 fully saturated rings. The molecule has 0 aromatic carbocycles. The molecule has 3 heteroatoms. The molecular formula is C15H24O3. The van der Waals surface area contributed by atoms with Crippen molar-refractivity contribution in [3.8, 4) is 0 Å². The predicted molar refractivity (Wildman–Crippen MR) is 72.5 cm³/mol. The Morgan fingerprint density at radius 1 is 1.28 bits per heavy atom. The van der Waals surface area contributed by atoms with Crippen LogP contribution in [0.2, 0.25) is 0 Å². The topological polar surface area (TPSA) is 46.5 Å². The molecule has 0 radical (unpaired) electrons. The lowest BCUT2D eigenvalue weighted by Gasteiger charge is -2.30. The van der Waals surface area contributed by atoms with Gasteiger partial charge in [0.15, 0.2) is 0 Å². The van der Waals surface area contributed by atoms with E-state index < -0.39 is 11.4 Å². The second-order valence-electron chi connectivity index (χ2n) is 5.04. The first-order valence-corrected chi connectivity index (χ1v) is 6.82. The summed E-state index contributed by atoms with van der Waals surface area (Å²) in [5, 5.41) is 9.28. The van der Waals surface area contributed by atoms with Crippen LogP contribution in [0.3, 0.4) is 0 Å². The summed E-state index contributed by atoms with van der Waals surface area (Å²) < 4.78 is 5.72. The predicted octanol–water partition coefficient (Wildman–Crippen LogP) is 3.56. The van der Waals surface area contributed by atoms with Crippen LogP contribution in [0.25, 0.3) is 0 Å². The minimum Gasteiger partial charge on any atom is -0.481 e. The zero-order chi connectivity index (χ0) is 13.4. The van der Waals surface area contributed by atoms with Crippen LogP contribution in [0, 0.1) is 5.41 Å². The van der Waals surface area contributed by atoms with Gasteiger partial charge in [0.05, 0.1) is 6.10 Å². The molecule has 0 spiro atoms. The average Bonchev–Trinajstić information content (AvgIpc) is 2.35. The number of carboxylic acid groups (broad SMARTS) is 1. The Kier molecular flexibility index (Phi) is 6.13. The Labute approximate surface area is 110 Å². The van der Waals surface area contributed by atoms with E-state index in [1.165, 1.54) is 19.3 Å². The SMILES string of the molecule is CCCCCCCOC1C=CC=CC1(C)C(=O)O. The lowest BCUT2D eigenvalue weighted by molar-refractivity contribution is -0.151. The number of aliphatic carboxylic acids is 1. The van der Waals surface area contributed by atoms with Gasteiger partial charge in [-0.3, -0.25) is 4.79 Å². The number of ether oxygens (including phenoxy) is 1. The summed E-state index contributed by atoms with van der Waals surface area (Å²) in [5.74, 6) is -0.834. The van der Waals surface area contributed by atoms with Crippen molar-refractivity contribution in [3.05, 3.63) is 24.3 Å². The lowest BCUT2D eigenvalue weighted by atomic mass is 9.81. The lowest BCUT2D eigenvalue weighted by Crippen LogP contribution is -2.40. The molecule has 2 atom stereocenters. The van der Waals surface area contributed by atoms with E-state index in [0.29, 0.717) is 6.61 Å². The molecule has 1 N–H and O–H groups in total. The third-order valence-electron chi connectivity index (χ3n) is 3.44. The fourth-order valence-electron chi connectivity index (χ4n) is 2.05. The van der Waals surface area contributed by atoms with Crippen LogP contribution < -0.4 is 0 Å². The highest BCUT2D eigenvalue weighted by Crippen LogP contribution is 2.30. The molecule has 0 aromatic heterocycles. The second-order valence-corrected chi connectivity index (χ2v) is 5.04. The minimum atomic E-state index is -0.932. The fraction of sp³-hybridized carbons (Fsp3) is 0.667. The summed E-state index contributed by atoms with van der Waals surface area (Å²) in [6, 6.07) is 0. The van der Waals surface area contributed by atoms with Crippen LogP contribution in [-0.4, -0.2) is 23.8 Å². The molecule has 0 bridgehead atoms. The minimum absolute atomic E-state index is 0.355. The van der Waals surface area contributed by atoms with E-state index in [9.17, 15) is 9.90 Å². The summed E-state index contributed by atoms with van der Waals surface area (Å²) in [4.78, 5) is 11.3. The van der Waals surface area contributed by atoms with Crippen LogP contribution in [0.15, 0.2) is 24.3 Å². The molecule has 18 heavy (non-hydrogen) atoms. The summed E-state index contributed by atoms with van der Waals surface area (Å²) in [5.41, 5.74) is -0.932. The highest BCUT2D eigenvalue weighted by atomic mass is 16.5. The number of allylic oxidation sites excluding steroid dienone is 2. The van der Waals surface area contributed by atoms with E-state index in [0.717, 1.165) is 12.8 Å². The maximum atomic E-state index is 11.3. The first-order valence-electron chi connectivity index (χ1n) is 6.82. The van der Waals surface area contributed by atoms with E-state index in [1.54, 1.807) is 19.1 Å². The van der Waals surface area contributed by atoms with Crippen molar-refractivity contribution in [1.29, 1.82) is 0 Å². The fourth-order valence-corrected chi connectivity index (χ4v) is 2.05. The molecule has 1 rings (SSSR count). The quantitative estimate of drug-likeness (QED) is 0.672. The molecule has 2 unspecified atom stereocenters. The molecule has 0 saturated carbocycles. The first kappa shape index (κ1) is 15.0. The van der Waals surface area contributed by atoms with Gasteiger partial charge in [-0.15, -0.1) is 0 Å². The van der Waals surface area contributed by atoms with Crippen LogP contribution in [0.1, 0.15) is 46.0 Å². The van der Waals surface area contributed by atoms with Crippen molar-refractivity contribution in [1.82, 2.24) is 0 Å². The highest BCUT2D eigenvalue weighted by molar-refractivity contribution is 5.78. The molecule has 0 amide bonds. The van der Waals surface area contributed by atoms with Crippen LogP contribution in [0.4, 0.5) is 0 Å². The van der Waals surface area contributed by atoms with Gasteiger partial charge in [0.1, 0.15) is 5.41 Å². The van der Waals surface area contributed by atoms with E-state index >= 15 is 0 Å². The van der Waals surface area contributed by atoms with E-state index in [2.05, 4.69) is 6.92 Å². The molecule has 0 saturated heterocycles. The van der Waals surface area contributed by atoms with Gasteiger partial charge in [-0.05, 0) is 13.3 Å². The molecular weight excluding hydrogens is 228 g/mol. The van der Waals surface area contributed by atoms with Crippen LogP contribution in [-0.2, 0) is 9.53 Å². The largest absolute Gasteiger partial charge is 0.481 e. The molecule has 1 aliphatic carbocycles. The van der Waals surface area contributed by atoms with Gasteiger partial charge >= 0.3 is 5.97 Å². The monoisotopic (exact) mass is 252 g/mol. The van der Waals surface area contributed by atoms with Gasteiger partial charge in [0, 0.05) is 6.61 Å².